The van der Waals surface area contributed by atoms with E-state index in [-0.39, 0.29) is 6.79 Å². The highest BCUT2D eigenvalue weighted by molar-refractivity contribution is 6.09. The largest absolute Gasteiger partial charge is 0.457 e. The van der Waals surface area contributed by atoms with E-state index in [0.717, 1.165) is 62.0 Å². The van der Waals surface area contributed by atoms with Gasteiger partial charge in [0.2, 0.25) is 6.79 Å². The molecule has 0 atom stereocenters. The number of hydrogen-bond acceptors (Lipinski definition) is 3. The lowest BCUT2D eigenvalue weighted by molar-refractivity contribution is 0.125. The van der Waals surface area contributed by atoms with Crippen molar-refractivity contribution >= 4 is 21.8 Å². The second-order valence-corrected chi connectivity index (χ2v) is 11.5. The Balaban J connectivity index is 1.23. The molecule has 8 aromatic rings. The molecule has 0 spiro atoms. The second kappa shape index (κ2) is 10.8. The number of para-hydroxylation sites is 2. The van der Waals surface area contributed by atoms with Gasteiger partial charge >= 0.3 is 0 Å². The van der Waals surface area contributed by atoms with E-state index < -0.39 is 0 Å². The zero-order chi connectivity index (χ0) is 30.5. The first-order valence-electron chi connectivity index (χ1n) is 15.5. The molecule has 46 heavy (non-hydrogen) atoms. The molecule has 0 amide bonds. The summed E-state index contributed by atoms with van der Waals surface area (Å²) in [6, 6.07) is 55.0. The Morgan fingerprint density at radius 2 is 0.957 bits per heavy atom. The van der Waals surface area contributed by atoms with Crippen molar-refractivity contribution < 1.29 is 9.47 Å². The Bertz CT molecular complexity index is 2280. The van der Waals surface area contributed by atoms with E-state index in [9.17, 15) is 0 Å². The zero-order valence-corrected chi connectivity index (χ0v) is 24.9. The summed E-state index contributed by atoms with van der Waals surface area (Å²) in [5.41, 5.74) is 11.6. The summed E-state index contributed by atoms with van der Waals surface area (Å²) in [6.07, 6.45) is 0. The first kappa shape index (κ1) is 26.3. The summed E-state index contributed by atoms with van der Waals surface area (Å²) in [7, 11) is 0. The predicted molar refractivity (Wildman–Crippen MR) is 186 cm³/mol. The minimum Gasteiger partial charge on any atom is -0.457 e. The van der Waals surface area contributed by atoms with Gasteiger partial charge in [-0.2, -0.15) is 0 Å². The maximum absolute atomic E-state index is 6.14. The van der Waals surface area contributed by atoms with Crippen LogP contribution in [0.4, 0.5) is 0 Å². The van der Waals surface area contributed by atoms with Crippen LogP contribution >= 0.6 is 0 Å². The first-order valence-corrected chi connectivity index (χ1v) is 15.5. The Labute approximate surface area is 266 Å². The second-order valence-electron chi connectivity index (χ2n) is 11.5. The van der Waals surface area contributed by atoms with Crippen LogP contribution in [0, 0.1) is 0 Å². The summed E-state index contributed by atoms with van der Waals surface area (Å²) < 4.78 is 14.6. The van der Waals surface area contributed by atoms with Crippen LogP contribution in [0.25, 0.3) is 72.3 Å². The summed E-state index contributed by atoms with van der Waals surface area (Å²) in [6.45, 7) is 0.152. The van der Waals surface area contributed by atoms with Crippen LogP contribution in [0.15, 0.2) is 158 Å². The van der Waals surface area contributed by atoms with Crippen LogP contribution in [0.3, 0.4) is 0 Å². The highest BCUT2D eigenvalue weighted by Crippen LogP contribution is 2.43. The third-order valence-electron chi connectivity index (χ3n) is 8.80. The van der Waals surface area contributed by atoms with Crippen molar-refractivity contribution in [2.24, 2.45) is 0 Å². The molecular weight excluding hydrogens is 564 g/mol. The van der Waals surface area contributed by atoms with Crippen molar-refractivity contribution in [1.82, 2.24) is 9.55 Å². The van der Waals surface area contributed by atoms with Crippen molar-refractivity contribution in [1.29, 1.82) is 0 Å². The molecular formula is C42H28N2O2. The summed E-state index contributed by atoms with van der Waals surface area (Å²) in [5, 5.41) is 2.47. The quantitative estimate of drug-likeness (QED) is 0.204. The van der Waals surface area contributed by atoms with Crippen LogP contribution in [0.5, 0.6) is 11.5 Å². The van der Waals surface area contributed by atoms with E-state index in [1.807, 2.05) is 12.1 Å². The fourth-order valence-corrected chi connectivity index (χ4v) is 6.61. The fourth-order valence-electron chi connectivity index (χ4n) is 6.61. The Hall–Kier alpha value is -6.13. The van der Waals surface area contributed by atoms with Crippen LogP contribution in [-0.4, -0.2) is 16.3 Å². The van der Waals surface area contributed by atoms with E-state index in [0.29, 0.717) is 0 Å². The number of ether oxygens (including phenoxy) is 2. The lowest BCUT2D eigenvalue weighted by Crippen LogP contribution is -2.03. The average molecular weight is 593 g/mol. The molecule has 3 heterocycles. The lowest BCUT2D eigenvalue weighted by Gasteiger charge is -2.14. The minimum absolute atomic E-state index is 0.152. The maximum Gasteiger partial charge on any atom is 0.230 e. The molecule has 0 bridgehead atoms. The predicted octanol–water partition coefficient (Wildman–Crippen LogP) is 10.6. The first-order chi connectivity index (χ1) is 22.8. The lowest BCUT2D eigenvalue weighted by atomic mass is 9.95. The number of hydrogen-bond donors (Lipinski definition) is 0. The fraction of sp³-hybridized carbons (Fsp3) is 0.0238. The number of aromatic nitrogens is 2. The van der Waals surface area contributed by atoms with E-state index >= 15 is 0 Å². The number of benzene rings is 6. The maximum atomic E-state index is 6.14. The summed E-state index contributed by atoms with van der Waals surface area (Å²) in [4.78, 5) is 5.08. The molecule has 1 aliphatic rings. The highest BCUT2D eigenvalue weighted by atomic mass is 16.7. The van der Waals surface area contributed by atoms with E-state index in [1.54, 1.807) is 0 Å². The molecule has 4 nitrogen and oxygen atoms in total. The van der Waals surface area contributed by atoms with Crippen molar-refractivity contribution in [2.75, 3.05) is 6.79 Å². The van der Waals surface area contributed by atoms with E-state index in [4.69, 9.17) is 14.5 Å². The number of rotatable bonds is 4. The van der Waals surface area contributed by atoms with Gasteiger partial charge in [0.1, 0.15) is 11.5 Å². The Morgan fingerprint density at radius 1 is 0.435 bits per heavy atom. The third kappa shape index (κ3) is 4.42. The summed E-state index contributed by atoms with van der Waals surface area (Å²) in [5.74, 6) is 1.59. The van der Waals surface area contributed by atoms with Gasteiger partial charge in [0, 0.05) is 38.7 Å². The van der Waals surface area contributed by atoms with Crippen LogP contribution < -0.4 is 9.47 Å². The molecule has 0 aliphatic carbocycles. The van der Waals surface area contributed by atoms with Crippen molar-refractivity contribution in [2.45, 2.75) is 0 Å². The molecule has 0 fully saturated rings. The molecule has 9 rings (SSSR count). The van der Waals surface area contributed by atoms with Crippen LogP contribution in [0.1, 0.15) is 0 Å². The highest BCUT2D eigenvalue weighted by Gasteiger charge is 2.20. The standard InChI is InChI=1S/C42H28N2O2/c1-3-11-28(12-4-1)37-24-31(25-38(43-37)29-13-5-2-6-14-29)30-19-21-41-35(23-30)36-26-32(20-22-42(36)46-27-45-41)44-39-17-9-7-15-33(39)34-16-8-10-18-40(34)44/h1-26H,27H2. The van der Waals surface area contributed by atoms with Gasteiger partial charge in [0.05, 0.1) is 22.4 Å². The SMILES string of the molecule is c1ccc(-c2cc(-c3ccc4c(c3)-c3cc(-n5c6ccccc6c6ccccc65)ccc3OCO4)cc(-c3ccccc3)n2)cc1. The molecule has 0 radical (unpaired) electrons. The number of fused-ring (bicyclic) bond motifs is 6. The van der Waals surface area contributed by atoms with Crippen molar-refractivity contribution in [3.63, 3.8) is 0 Å². The molecule has 0 saturated heterocycles. The van der Waals surface area contributed by atoms with E-state index in [1.165, 1.54) is 21.8 Å². The van der Waals surface area contributed by atoms with Gasteiger partial charge < -0.3 is 14.0 Å². The molecule has 4 heteroatoms. The van der Waals surface area contributed by atoms with Gasteiger partial charge in [-0.15, -0.1) is 0 Å². The van der Waals surface area contributed by atoms with Crippen LogP contribution in [0.2, 0.25) is 0 Å². The van der Waals surface area contributed by atoms with Crippen molar-refractivity contribution in [3.05, 3.63) is 158 Å². The van der Waals surface area contributed by atoms with Gasteiger partial charge in [-0.25, -0.2) is 4.98 Å². The van der Waals surface area contributed by atoms with E-state index in [2.05, 4.69) is 150 Å². The van der Waals surface area contributed by atoms with Gasteiger partial charge in [-0.3, -0.25) is 0 Å². The van der Waals surface area contributed by atoms with Crippen LogP contribution in [-0.2, 0) is 0 Å². The zero-order valence-electron chi connectivity index (χ0n) is 24.9. The normalized spacial score (nSPS) is 12.2. The molecule has 6 aromatic carbocycles. The number of pyridine rings is 1. The van der Waals surface area contributed by atoms with Gasteiger partial charge in [0.15, 0.2) is 0 Å². The molecule has 1 aliphatic heterocycles. The smallest absolute Gasteiger partial charge is 0.230 e. The molecule has 2 aromatic heterocycles. The molecule has 0 saturated carbocycles. The molecule has 0 N–H and O–H groups in total. The summed E-state index contributed by atoms with van der Waals surface area (Å²) >= 11 is 0. The monoisotopic (exact) mass is 592 g/mol. The number of nitrogens with zero attached hydrogens (tertiary/aromatic N) is 2. The molecule has 0 unspecified atom stereocenters. The minimum atomic E-state index is 0.152. The van der Waals surface area contributed by atoms with Gasteiger partial charge in [0.25, 0.3) is 0 Å². The molecule has 218 valence electrons. The average Bonchev–Trinajstić information content (AvgIpc) is 3.35. The third-order valence-corrected chi connectivity index (χ3v) is 8.80. The van der Waals surface area contributed by atoms with Crippen molar-refractivity contribution in [3.8, 4) is 62.0 Å². The van der Waals surface area contributed by atoms with Gasteiger partial charge in [-0.1, -0.05) is 103 Å². The Kier molecular flexibility index (Phi) is 6.17. The topological polar surface area (TPSA) is 36.3 Å². The van der Waals surface area contributed by atoms with Gasteiger partial charge in [-0.05, 0) is 65.7 Å². The Morgan fingerprint density at radius 3 is 1.57 bits per heavy atom.